The molecule has 0 aromatic heterocycles. The maximum atomic E-state index is 11.4. The molecule has 2 nitrogen and oxygen atoms in total. The van der Waals surface area contributed by atoms with Crippen molar-refractivity contribution in [3.63, 3.8) is 0 Å². The smallest absolute Gasteiger partial charge is 0.179 e. The largest absolute Gasteiger partial charge is 0.293 e. The molecule has 0 spiro atoms. The van der Waals surface area contributed by atoms with E-state index in [0.29, 0.717) is 0 Å². The Bertz CT molecular complexity index is 182. The van der Waals surface area contributed by atoms with E-state index in [-0.39, 0.29) is 11.7 Å². The molecule has 0 saturated carbocycles. The van der Waals surface area contributed by atoms with Crippen LogP contribution in [0.4, 0.5) is 0 Å². The van der Waals surface area contributed by atoms with Gasteiger partial charge in [0.25, 0.3) is 0 Å². The molecule has 0 aromatic carbocycles. The number of rotatable bonds is 2. The van der Waals surface area contributed by atoms with Gasteiger partial charge in [0, 0.05) is 12.5 Å². The van der Waals surface area contributed by atoms with Gasteiger partial charge < -0.3 is 0 Å². The van der Waals surface area contributed by atoms with Crippen LogP contribution in [0, 0.1) is 5.92 Å². The standard InChI is InChI=1S/C9H15NO/c1-7(2)9(11)8-5-3-4-6-10-8/h7H,3-6H2,1-2H3. The van der Waals surface area contributed by atoms with Crippen LogP contribution < -0.4 is 0 Å². The lowest BCUT2D eigenvalue weighted by Gasteiger charge is -2.11. The topological polar surface area (TPSA) is 29.4 Å². The lowest BCUT2D eigenvalue weighted by atomic mass is 9.98. The van der Waals surface area contributed by atoms with Gasteiger partial charge >= 0.3 is 0 Å². The first-order chi connectivity index (χ1) is 5.22. The van der Waals surface area contributed by atoms with E-state index in [1.54, 1.807) is 0 Å². The SMILES string of the molecule is CC(C)C(=O)C1=NCCCC1. The van der Waals surface area contributed by atoms with Gasteiger partial charge in [-0.15, -0.1) is 0 Å². The third-order valence-corrected chi connectivity index (χ3v) is 1.93. The quantitative estimate of drug-likeness (QED) is 0.595. The number of hydrogen-bond acceptors (Lipinski definition) is 2. The van der Waals surface area contributed by atoms with Crippen LogP contribution in [0.5, 0.6) is 0 Å². The first-order valence-corrected chi connectivity index (χ1v) is 4.29. The second-order valence-corrected chi connectivity index (χ2v) is 3.30. The van der Waals surface area contributed by atoms with Gasteiger partial charge in [0.15, 0.2) is 5.78 Å². The molecule has 0 radical (unpaired) electrons. The Morgan fingerprint density at radius 2 is 2.18 bits per heavy atom. The number of nitrogens with zero attached hydrogens (tertiary/aromatic N) is 1. The van der Waals surface area contributed by atoms with Gasteiger partial charge in [-0.2, -0.15) is 0 Å². The summed E-state index contributed by atoms with van der Waals surface area (Å²) in [6.07, 6.45) is 3.18. The number of Topliss-reactive ketones (excluding diaryl/α,β-unsaturated/α-hetero) is 1. The van der Waals surface area contributed by atoms with Crippen molar-refractivity contribution in [3.8, 4) is 0 Å². The van der Waals surface area contributed by atoms with Crippen molar-refractivity contribution in [2.45, 2.75) is 33.1 Å². The molecule has 1 heterocycles. The minimum absolute atomic E-state index is 0.117. The van der Waals surface area contributed by atoms with Crippen LogP contribution in [0.3, 0.4) is 0 Å². The Hall–Kier alpha value is -0.660. The predicted molar refractivity (Wildman–Crippen MR) is 46.0 cm³/mol. The molecule has 0 unspecified atom stereocenters. The average molecular weight is 153 g/mol. The van der Waals surface area contributed by atoms with E-state index in [1.165, 1.54) is 0 Å². The molecule has 0 aromatic rings. The molecule has 11 heavy (non-hydrogen) atoms. The van der Waals surface area contributed by atoms with Crippen molar-refractivity contribution in [2.75, 3.05) is 6.54 Å². The minimum atomic E-state index is 0.117. The van der Waals surface area contributed by atoms with Crippen molar-refractivity contribution in [2.24, 2.45) is 10.9 Å². The molecule has 1 aliphatic rings. The van der Waals surface area contributed by atoms with E-state index in [0.717, 1.165) is 31.5 Å². The van der Waals surface area contributed by atoms with Crippen molar-refractivity contribution in [1.82, 2.24) is 0 Å². The second kappa shape index (κ2) is 3.65. The summed E-state index contributed by atoms with van der Waals surface area (Å²) in [6.45, 7) is 4.71. The summed E-state index contributed by atoms with van der Waals surface area (Å²) in [4.78, 5) is 15.6. The summed E-state index contributed by atoms with van der Waals surface area (Å²) in [5, 5.41) is 0. The number of hydrogen-bond donors (Lipinski definition) is 0. The molecule has 0 bridgehead atoms. The molecule has 0 N–H and O–H groups in total. The van der Waals surface area contributed by atoms with Crippen molar-refractivity contribution in [1.29, 1.82) is 0 Å². The molecule has 0 fully saturated rings. The van der Waals surface area contributed by atoms with Gasteiger partial charge in [0.05, 0.1) is 5.71 Å². The van der Waals surface area contributed by atoms with E-state index < -0.39 is 0 Å². The third-order valence-electron chi connectivity index (χ3n) is 1.93. The molecule has 1 aliphatic heterocycles. The van der Waals surface area contributed by atoms with E-state index in [1.807, 2.05) is 13.8 Å². The molecule has 0 atom stereocenters. The Morgan fingerprint density at radius 1 is 1.45 bits per heavy atom. The number of carbonyl (C=O) groups excluding carboxylic acids is 1. The van der Waals surface area contributed by atoms with Crippen molar-refractivity contribution < 1.29 is 4.79 Å². The number of carbonyl (C=O) groups is 1. The maximum Gasteiger partial charge on any atom is 0.179 e. The Balaban J connectivity index is 2.58. The van der Waals surface area contributed by atoms with Gasteiger partial charge in [-0.05, 0) is 19.3 Å². The molecule has 62 valence electrons. The fourth-order valence-corrected chi connectivity index (χ4v) is 1.23. The van der Waals surface area contributed by atoms with E-state index in [4.69, 9.17) is 0 Å². The Kier molecular flexibility index (Phi) is 2.80. The normalized spacial score (nSPS) is 18.3. The number of ketones is 1. The monoisotopic (exact) mass is 153 g/mol. The summed E-state index contributed by atoms with van der Waals surface area (Å²) < 4.78 is 0. The van der Waals surface area contributed by atoms with E-state index in [2.05, 4.69) is 4.99 Å². The summed E-state index contributed by atoms with van der Waals surface area (Å²) in [7, 11) is 0. The van der Waals surface area contributed by atoms with Gasteiger partial charge in [0.1, 0.15) is 0 Å². The molecule has 0 aliphatic carbocycles. The predicted octanol–water partition coefficient (Wildman–Crippen LogP) is 1.84. The van der Waals surface area contributed by atoms with Crippen LogP contribution in [0.25, 0.3) is 0 Å². The highest BCUT2D eigenvalue weighted by Crippen LogP contribution is 2.09. The van der Waals surface area contributed by atoms with Crippen molar-refractivity contribution >= 4 is 11.5 Å². The lowest BCUT2D eigenvalue weighted by molar-refractivity contribution is -0.115. The van der Waals surface area contributed by atoms with Crippen LogP contribution in [0.15, 0.2) is 4.99 Å². The summed E-state index contributed by atoms with van der Waals surface area (Å²) in [5.41, 5.74) is 0.825. The van der Waals surface area contributed by atoms with Gasteiger partial charge in [0.2, 0.25) is 0 Å². The average Bonchev–Trinajstić information content (AvgIpc) is 2.05. The van der Waals surface area contributed by atoms with Crippen LogP contribution >= 0.6 is 0 Å². The highest BCUT2D eigenvalue weighted by Gasteiger charge is 2.16. The van der Waals surface area contributed by atoms with Crippen molar-refractivity contribution in [3.05, 3.63) is 0 Å². The lowest BCUT2D eigenvalue weighted by Crippen LogP contribution is -2.22. The maximum absolute atomic E-state index is 11.4. The summed E-state index contributed by atoms with van der Waals surface area (Å²) >= 11 is 0. The van der Waals surface area contributed by atoms with Crippen LogP contribution in [0.2, 0.25) is 0 Å². The fraction of sp³-hybridized carbons (Fsp3) is 0.778. The third kappa shape index (κ3) is 2.14. The molecular formula is C9H15NO. The second-order valence-electron chi connectivity index (χ2n) is 3.30. The summed E-state index contributed by atoms with van der Waals surface area (Å²) in [6, 6.07) is 0. The molecule has 1 rings (SSSR count). The van der Waals surface area contributed by atoms with E-state index >= 15 is 0 Å². The van der Waals surface area contributed by atoms with Gasteiger partial charge in [-0.1, -0.05) is 13.8 Å². The van der Waals surface area contributed by atoms with Crippen LogP contribution in [-0.4, -0.2) is 18.0 Å². The first-order valence-electron chi connectivity index (χ1n) is 4.29. The molecule has 2 heteroatoms. The van der Waals surface area contributed by atoms with Crippen LogP contribution in [0.1, 0.15) is 33.1 Å². The zero-order valence-electron chi connectivity index (χ0n) is 7.26. The van der Waals surface area contributed by atoms with Gasteiger partial charge in [-0.25, -0.2) is 0 Å². The first kappa shape index (κ1) is 8.44. The van der Waals surface area contributed by atoms with E-state index in [9.17, 15) is 4.79 Å². The minimum Gasteiger partial charge on any atom is -0.293 e. The number of aliphatic imine (C=N–C) groups is 1. The zero-order valence-corrected chi connectivity index (χ0v) is 7.26. The van der Waals surface area contributed by atoms with Crippen LogP contribution in [-0.2, 0) is 4.79 Å². The molecular weight excluding hydrogens is 138 g/mol. The molecule has 0 saturated heterocycles. The summed E-state index contributed by atoms with van der Waals surface area (Å²) in [5.74, 6) is 0.358. The Labute approximate surface area is 67.7 Å². The fourth-order valence-electron chi connectivity index (χ4n) is 1.23. The highest BCUT2D eigenvalue weighted by molar-refractivity contribution is 6.40. The zero-order chi connectivity index (χ0) is 8.27. The molecule has 0 amide bonds. The highest BCUT2D eigenvalue weighted by atomic mass is 16.1. The van der Waals surface area contributed by atoms with Gasteiger partial charge in [-0.3, -0.25) is 9.79 Å². The Morgan fingerprint density at radius 3 is 2.64 bits per heavy atom.